The number of benzene rings is 1. The third-order valence-electron chi connectivity index (χ3n) is 2.93. The van der Waals surface area contributed by atoms with E-state index in [2.05, 4.69) is 5.10 Å². The van der Waals surface area contributed by atoms with Gasteiger partial charge in [0, 0.05) is 29.8 Å². The van der Waals surface area contributed by atoms with E-state index >= 15 is 0 Å². The van der Waals surface area contributed by atoms with Gasteiger partial charge in [0.05, 0.1) is 14.2 Å². The summed E-state index contributed by atoms with van der Waals surface area (Å²) in [7, 11) is 3.12. The molecule has 2 aromatic heterocycles. The molecule has 0 spiro atoms. The second-order valence-corrected chi connectivity index (χ2v) is 4.10. The number of fused-ring (bicyclic) bond motifs is 1. The van der Waals surface area contributed by atoms with Gasteiger partial charge in [0.15, 0.2) is 11.5 Å². The van der Waals surface area contributed by atoms with E-state index in [-0.39, 0.29) is 5.56 Å². The molecule has 0 aliphatic carbocycles. The predicted octanol–water partition coefficient (Wildman–Crippen LogP) is 2.00. The molecule has 3 aromatic rings. The first-order valence-electron chi connectivity index (χ1n) is 5.93. The molecule has 0 bridgehead atoms. The monoisotopic (exact) mass is 272 g/mol. The molecule has 0 saturated heterocycles. The van der Waals surface area contributed by atoms with Crippen molar-refractivity contribution in [1.82, 2.24) is 9.78 Å². The van der Waals surface area contributed by atoms with E-state index in [1.165, 1.54) is 16.9 Å². The minimum Gasteiger partial charge on any atom is -0.493 e. The fraction of sp³-hybridized carbons (Fsp3) is 0.143. The first-order chi connectivity index (χ1) is 9.72. The Balaban J connectivity index is 2.21. The van der Waals surface area contributed by atoms with Crippen molar-refractivity contribution in [3.05, 3.63) is 46.9 Å². The maximum atomic E-state index is 11.7. The van der Waals surface area contributed by atoms with Crippen LogP contribution in [-0.2, 0) is 0 Å². The van der Waals surface area contributed by atoms with Gasteiger partial charge in [0.1, 0.15) is 5.58 Å². The van der Waals surface area contributed by atoms with Crippen LogP contribution in [0.25, 0.3) is 16.9 Å². The van der Waals surface area contributed by atoms with Crippen molar-refractivity contribution in [2.24, 2.45) is 0 Å². The number of hydrogen-bond acceptors (Lipinski definition) is 5. The van der Waals surface area contributed by atoms with E-state index in [0.29, 0.717) is 23.0 Å². The summed E-state index contributed by atoms with van der Waals surface area (Å²) in [5, 5.41) is 4.78. The van der Waals surface area contributed by atoms with Crippen molar-refractivity contribution >= 4 is 11.0 Å². The molecule has 2 heterocycles. The van der Waals surface area contributed by atoms with E-state index in [9.17, 15) is 4.79 Å². The lowest BCUT2D eigenvalue weighted by Crippen LogP contribution is -2.18. The molecule has 0 aliphatic rings. The fourth-order valence-electron chi connectivity index (χ4n) is 1.98. The highest BCUT2D eigenvalue weighted by molar-refractivity contribution is 5.83. The molecule has 0 saturated carbocycles. The van der Waals surface area contributed by atoms with Gasteiger partial charge in [-0.3, -0.25) is 4.79 Å². The standard InChI is InChI=1S/C14H12N2O4/c1-18-11-6-9-7-14(16-13(17)4-3-5-15-16)20-10(9)8-12(11)19-2/h3-8H,1-2H3. The smallest absolute Gasteiger partial charge is 0.274 e. The molecule has 6 heteroatoms. The van der Waals surface area contributed by atoms with Crippen LogP contribution in [0.1, 0.15) is 0 Å². The van der Waals surface area contributed by atoms with Gasteiger partial charge in [-0.05, 0) is 12.1 Å². The molecule has 3 rings (SSSR count). The second-order valence-electron chi connectivity index (χ2n) is 4.10. The number of rotatable bonds is 3. The maximum absolute atomic E-state index is 11.7. The van der Waals surface area contributed by atoms with Crippen LogP contribution in [0, 0.1) is 0 Å². The SMILES string of the molecule is COc1cc2cc(-n3ncccc3=O)oc2cc1OC. The van der Waals surface area contributed by atoms with Crippen LogP contribution < -0.4 is 15.0 Å². The van der Waals surface area contributed by atoms with Gasteiger partial charge in [-0.25, -0.2) is 0 Å². The summed E-state index contributed by atoms with van der Waals surface area (Å²) in [6, 6.07) is 8.22. The predicted molar refractivity (Wildman–Crippen MR) is 72.7 cm³/mol. The zero-order valence-corrected chi connectivity index (χ0v) is 11.0. The lowest BCUT2D eigenvalue weighted by atomic mass is 10.2. The van der Waals surface area contributed by atoms with Crippen molar-refractivity contribution in [2.75, 3.05) is 14.2 Å². The number of hydrogen-bond donors (Lipinski definition) is 0. The fourth-order valence-corrected chi connectivity index (χ4v) is 1.98. The van der Waals surface area contributed by atoms with E-state index in [1.54, 1.807) is 38.5 Å². The average molecular weight is 272 g/mol. The minimum atomic E-state index is -0.259. The number of furan rings is 1. The quantitative estimate of drug-likeness (QED) is 0.729. The topological polar surface area (TPSA) is 66.5 Å². The van der Waals surface area contributed by atoms with Crippen LogP contribution in [0.2, 0.25) is 0 Å². The summed E-state index contributed by atoms with van der Waals surface area (Å²) in [6.45, 7) is 0. The molecule has 0 atom stereocenters. The van der Waals surface area contributed by atoms with E-state index < -0.39 is 0 Å². The summed E-state index contributed by atoms with van der Waals surface area (Å²) in [5.74, 6) is 1.51. The molecule has 0 radical (unpaired) electrons. The lowest BCUT2D eigenvalue weighted by Gasteiger charge is -2.05. The van der Waals surface area contributed by atoms with Crippen molar-refractivity contribution in [2.45, 2.75) is 0 Å². The van der Waals surface area contributed by atoms with Crippen LogP contribution in [0.5, 0.6) is 11.5 Å². The lowest BCUT2D eigenvalue weighted by molar-refractivity contribution is 0.355. The molecule has 0 amide bonds. The van der Waals surface area contributed by atoms with Crippen molar-refractivity contribution in [3.63, 3.8) is 0 Å². The summed E-state index contributed by atoms with van der Waals surface area (Å²) in [4.78, 5) is 11.7. The van der Waals surface area contributed by atoms with Gasteiger partial charge in [-0.2, -0.15) is 9.78 Å². The van der Waals surface area contributed by atoms with Gasteiger partial charge < -0.3 is 13.9 Å². The Morgan fingerprint density at radius 3 is 2.60 bits per heavy atom. The molecular weight excluding hydrogens is 260 g/mol. The number of nitrogens with zero attached hydrogens (tertiary/aromatic N) is 2. The highest BCUT2D eigenvalue weighted by Crippen LogP contribution is 2.34. The van der Waals surface area contributed by atoms with Gasteiger partial charge in [0.25, 0.3) is 5.56 Å². The zero-order chi connectivity index (χ0) is 14.1. The zero-order valence-electron chi connectivity index (χ0n) is 11.0. The number of aromatic nitrogens is 2. The Bertz CT molecular complexity index is 778. The van der Waals surface area contributed by atoms with E-state index in [4.69, 9.17) is 13.9 Å². The highest BCUT2D eigenvalue weighted by Gasteiger charge is 2.12. The molecular formula is C14H12N2O4. The van der Waals surface area contributed by atoms with E-state index in [0.717, 1.165) is 5.39 Å². The highest BCUT2D eigenvalue weighted by atomic mass is 16.5. The normalized spacial score (nSPS) is 10.7. The number of methoxy groups -OCH3 is 2. The summed E-state index contributed by atoms with van der Waals surface area (Å²) < 4.78 is 17.3. The molecule has 1 aromatic carbocycles. The Morgan fingerprint density at radius 1 is 1.15 bits per heavy atom. The first kappa shape index (κ1) is 12.3. The average Bonchev–Trinajstić information content (AvgIpc) is 2.88. The largest absolute Gasteiger partial charge is 0.493 e. The van der Waals surface area contributed by atoms with Crippen molar-refractivity contribution < 1.29 is 13.9 Å². The third-order valence-corrected chi connectivity index (χ3v) is 2.93. The Kier molecular flexibility index (Phi) is 2.90. The minimum absolute atomic E-state index is 0.259. The Labute approximate surface area is 114 Å². The molecule has 102 valence electrons. The van der Waals surface area contributed by atoms with Gasteiger partial charge in [-0.1, -0.05) is 0 Å². The number of ether oxygens (including phenoxy) is 2. The molecule has 20 heavy (non-hydrogen) atoms. The molecule has 0 fully saturated rings. The van der Waals surface area contributed by atoms with Crippen LogP contribution in [0.15, 0.2) is 45.7 Å². The van der Waals surface area contributed by atoms with Gasteiger partial charge in [-0.15, -0.1) is 0 Å². The van der Waals surface area contributed by atoms with Crippen LogP contribution in [-0.4, -0.2) is 24.0 Å². The van der Waals surface area contributed by atoms with Crippen molar-refractivity contribution in [1.29, 1.82) is 0 Å². The van der Waals surface area contributed by atoms with Gasteiger partial charge >= 0.3 is 0 Å². The maximum Gasteiger partial charge on any atom is 0.274 e. The van der Waals surface area contributed by atoms with E-state index in [1.807, 2.05) is 0 Å². The van der Waals surface area contributed by atoms with Crippen LogP contribution in [0.3, 0.4) is 0 Å². The molecule has 0 N–H and O–H groups in total. The summed E-state index contributed by atoms with van der Waals surface area (Å²) in [5.41, 5.74) is 0.334. The summed E-state index contributed by atoms with van der Waals surface area (Å²) in [6.07, 6.45) is 1.52. The Hall–Kier alpha value is -2.76. The van der Waals surface area contributed by atoms with Crippen LogP contribution in [0.4, 0.5) is 0 Å². The van der Waals surface area contributed by atoms with Gasteiger partial charge in [0.2, 0.25) is 5.88 Å². The first-order valence-corrected chi connectivity index (χ1v) is 5.93. The summed E-state index contributed by atoms with van der Waals surface area (Å²) >= 11 is 0. The third kappa shape index (κ3) is 1.91. The Morgan fingerprint density at radius 2 is 1.90 bits per heavy atom. The second kappa shape index (κ2) is 4.73. The molecule has 0 aliphatic heterocycles. The molecule has 6 nitrogen and oxygen atoms in total. The van der Waals surface area contributed by atoms with Crippen molar-refractivity contribution in [3.8, 4) is 17.4 Å². The molecule has 0 unspecified atom stereocenters. The van der Waals surface area contributed by atoms with Crippen LogP contribution >= 0.6 is 0 Å².